The molecule has 0 aliphatic heterocycles. The summed E-state index contributed by atoms with van der Waals surface area (Å²) in [6.07, 6.45) is 10.1. The molecule has 1 saturated carbocycles. The Hall–Kier alpha value is -0.550. The lowest BCUT2D eigenvalue weighted by atomic mass is 10.1. The Balaban J connectivity index is 1.61. The number of aromatic nitrogens is 3. The normalized spacial score (nSPS) is 18.2. The molecular weight excluding hydrogens is 232 g/mol. The van der Waals surface area contributed by atoms with Gasteiger partial charge in [-0.15, -0.1) is 10.2 Å². The quantitative estimate of drug-likeness (QED) is 0.497. The maximum atomic E-state index is 4.06. The highest BCUT2D eigenvalue weighted by molar-refractivity contribution is 7.99. The zero-order chi connectivity index (χ0) is 11.9. The molecule has 0 saturated heterocycles. The number of thioether (sulfide) groups is 1. The van der Waals surface area contributed by atoms with Gasteiger partial charge in [0.25, 0.3) is 0 Å². The van der Waals surface area contributed by atoms with Crippen molar-refractivity contribution in [3.63, 3.8) is 0 Å². The summed E-state index contributed by atoms with van der Waals surface area (Å²) in [4.78, 5) is 0. The number of nitrogens with zero attached hydrogens (tertiary/aromatic N) is 3. The number of hydrogen-bond acceptors (Lipinski definition) is 4. The fraction of sp³-hybridized carbons (Fsp3) is 0.833. The van der Waals surface area contributed by atoms with Gasteiger partial charge in [-0.25, -0.2) is 0 Å². The molecule has 1 fully saturated rings. The monoisotopic (exact) mass is 254 g/mol. The van der Waals surface area contributed by atoms with E-state index in [4.69, 9.17) is 0 Å². The summed E-state index contributed by atoms with van der Waals surface area (Å²) in [6, 6.07) is 0.748. The Morgan fingerprint density at radius 2 is 2.12 bits per heavy atom. The summed E-state index contributed by atoms with van der Waals surface area (Å²) in [5.74, 6) is 1.07. The molecule has 1 aliphatic rings. The number of aryl methyl sites for hydroxylation is 1. The van der Waals surface area contributed by atoms with Crippen molar-refractivity contribution in [2.45, 2.75) is 49.7 Å². The first-order valence-electron chi connectivity index (χ1n) is 6.56. The highest BCUT2D eigenvalue weighted by atomic mass is 32.2. The van der Waals surface area contributed by atoms with Gasteiger partial charge in [-0.1, -0.05) is 37.4 Å². The van der Waals surface area contributed by atoms with Gasteiger partial charge in [0.2, 0.25) is 0 Å². The summed E-state index contributed by atoms with van der Waals surface area (Å²) in [6.45, 7) is 1.07. The van der Waals surface area contributed by atoms with Crippen LogP contribution < -0.4 is 5.32 Å². The smallest absolute Gasteiger partial charge is 0.190 e. The van der Waals surface area contributed by atoms with Crippen LogP contribution in [0, 0.1) is 0 Å². The van der Waals surface area contributed by atoms with Gasteiger partial charge in [-0.3, -0.25) is 0 Å². The third-order valence-corrected chi connectivity index (χ3v) is 4.33. The summed E-state index contributed by atoms with van der Waals surface area (Å²) in [7, 11) is 1.99. The van der Waals surface area contributed by atoms with Crippen LogP contribution in [0.25, 0.3) is 0 Å². The first-order chi connectivity index (χ1) is 8.36. The van der Waals surface area contributed by atoms with Crippen molar-refractivity contribution in [2.75, 3.05) is 12.3 Å². The fourth-order valence-electron chi connectivity index (χ4n) is 2.29. The van der Waals surface area contributed by atoms with E-state index in [1.165, 1.54) is 38.5 Å². The van der Waals surface area contributed by atoms with Crippen molar-refractivity contribution in [3.8, 4) is 0 Å². The molecule has 0 radical (unpaired) electrons. The van der Waals surface area contributed by atoms with Crippen molar-refractivity contribution in [1.29, 1.82) is 0 Å². The SMILES string of the molecule is Cn1cnnc1SCCNC1CCCCCC1. The molecule has 1 aliphatic carbocycles. The number of nitrogens with one attached hydrogen (secondary N) is 1. The molecule has 1 N–H and O–H groups in total. The second-order valence-electron chi connectivity index (χ2n) is 4.72. The Morgan fingerprint density at radius 3 is 2.76 bits per heavy atom. The minimum Gasteiger partial charge on any atom is -0.313 e. The molecule has 0 unspecified atom stereocenters. The van der Waals surface area contributed by atoms with E-state index in [1.54, 1.807) is 18.1 Å². The molecule has 0 amide bonds. The Bertz CT molecular complexity index is 318. The van der Waals surface area contributed by atoms with Crippen LogP contribution in [0.5, 0.6) is 0 Å². The molecule has 96 valence electrons. The van der Waals surface area contributed by atoms with E-state index in [0.29, 0.717) is 0 Å². The minimum atomic E-state index is 0.748. The van der Waals surface area contributed by atoms with E-state index in [-0.39, 0.29) is 0 Å². The molecule has 17 heavy (non-hydrogen) atoms. The Morgan fingerprint density at radius 1 is 1.35 bits per heavy atom. The van der Waals surface area contributed by atoms with E-state index in [1.807, 2.05) is 11.6 Å². The summed E-state index contributed by atoms with van der Waals surface area (Å²) >= 11 is 1.77. The van der Waals surface area contributed by atoms with Crippen LogP contribution >= 0.6 is 11.8 Å². The highest BCUT2D eigenvalue weighted by Gasteiger charge is 2.11. The van der Waals surface area contributed by atoms with Gasteiger partial charge >= 0.3 is 0 Å². The van der Waals surface area contributed by atoms with Crippen molar-refractivity contribution in [1.82, 2.24) is 20.1 Å². The molecule has 0 aromatic carbocycles. The van der Waals surface area contributed by atoms with Crippen LogP contribution in [0.4, 0.5) is 0 Å². The zero-order valence-electron chi connectivity index (χ0n) is 10.6. The molecule has 0 spiro atoms. The second-order valence-corrected chi connectivity index (χ2v) is 5.78. The largest absolute Gasteiger partial charge is 0.313 e. The van der Waals surface area contributed by atoms with Crippen LogP contribution in [0.2, 0.25) is 0 Å². The molecule has 5 heteroatoms. The average Bonchev–Trinajstić information content (AvgIpc) is 2.60. The van der Waals surface area contributed by atoms with Gasteiger partial charge in [0, 0.05) is 25.4 Å². The van der Waals surface area contributed by atoms with Crippen molar-refractivity contribution in [2.24, 2.45) is 7.05 Å². The van der Waals surface area contributed by atoms with Crippen molar-refractivity contribution in [3.05, 3.63) is 6.33 Å². The predicted octanol–water partition coefficient (Wildman–Crippen LogP) is 2.22. The lowest BCUT2D eigenvalue weighted by Crippen LogP contribution is -2.30. The van der Waals surface area contributed by atoms with Crippen LogP contribution in [-0.4, -0.2) is 33.1 Å². The molecule has 1 heterocycles. The van der Waals surface area contributed by atoms with Crippen LogP contribution in [0.1, 0.15) is 38.5 Å². The van der Waals surface area contributed by atoms with Gasteiger partial charge in [0.15, 0.2) is 5.16 Å². The third kappa shape index (κ3) is 4.32. The third-order valence-electron chi connectivity index (χ3n) is 3.29. The number of rotatable bonds is 5. The van der Waals surface area contributed by atoms with Crippen molar-refractivity contribution >= 4 is 11.8 Å². The summed E-state index contributed by atoms with van der Waals surface area (Å²) in [5, 5.41) is 12.6. The van der Waals surface area contributed by atoms with E-state index in [0.717, 1.165) is 23.5 Å². The topological polar surface area (TPSA) is 42.7 Å². The minimum absolute atomic E-state index is 0.748. The maximum Gasteiger partial charge on any atom is 0.190 e. The maximum absolute atomic E-state index is 4.06. The molecule has 4 nitrogen and oxygen atoms in total. The van der Waals surface area contributed by atoms with Gasteiger partial charge < -0.3 is 9.88 Å². The molecule has 1 aromatic heterocycles. The summed E-state index contributed by atoms with van der Waals surface area (Å²) < 4.78 is 1.97. The molecule has 0 atom stereocenters. The zero-order valence-corrected chi connectivity index (χ0v) is 11.4. The standard InChI is InChI=1S/C12H22N4S/c1-16-10-14-15-12(16)17-9-8-13-11-6-4-2-3-5-7-11/h10-11,13H,2-9H2,1H3. The van der Waals surface area contributed by atoms with Crippen LogP contribution in [0.15, 0.2) is 11.5 Å². The van der Waals surface area contributed by atoms with E-state index < -0.39 is 0 Å². The molecule has 1 aromatic rings. The van der Waals surface area contributed by atoms with E-state index in [9.17, 15) is 0 Å². The van der Waals surface area contributed by atoms with Gasteiger partial charge in [0.05, 0.1) is 0 Å². The summed E-state index contributed by atoms with van der Waals surface area (Å²) in [5.41, 5.74) is 0. The Kier molecular flexibility index (Phi) is 5.32. The van der Waals surface area contributed by atoms with Gasteiger partial charge in [0.1, 0.15) is 6.33 Å². The second kappa shape index (κ2) is 7.01. The lowest BCUT2D eigenvalue weighted by Gasteiger charge is -2.15. The van der Waals surface area contributed by atoms with Gasteiger partial charge in [-0.05, 0) is 12.8 Å². The number of hydrogen-bond donors (Lipinski definition) is 1. The van der Waals surface area contributed by atoms with E-state index in [2.05, 4.69) is 15.5 Å². The molecule has 2 rings (SSSR count). The molecular formula is C12H22N4S. The van der Waals surface area contributed by atoms with Crippen LogP contribution in [0.3, 0.4) is 0 Å². The van der Waals surface area contributed by atoms with Crippen molar-refractivity contribution < 1.29 is 0 Å². The fourth-order valence-corrected chi connectivity index (χ4v) is 3.05. The lowest BCUT2D eigenvalue weighted by molar-refractivity contribution is 0.474. The average molecular weight is 254 g/mol. The first kappa shape index (κ1) is 12.9. The van der Waals surface area contributed by atoms with Gasteiger partial charge in [-0.2, -0.15) is 0 Å². The highest BCUT2D eigenvalue weighted by Crippen LogP contribution is 2.17. The van der Waals surface area contributed by atoms with E-state index >= 15 is 0 Å². The predicted molar refractivity (Wildman–Crippen MR) is 71.2 cm³/mol. The Labute approximate surface area is 108 Å². The first-order valence-corrected chi connectivity index (χ1v) is 7.55. The molecule has 0 bridgehead atoms. The van der Waals surface area contributed by atoms with Crippen LogP contribution in [-0.2, 0) is 7.05 Å².